The summed E-state index contributed by atoms with van der Waals surface area (Å²) in [5, 5.41) is 0.698. The topological polar surface area (TPSA) is 21.6 Å². The minimum Gasteiger partial charge on any atom is -0.475 e. The first-order valence-electron chi connectivity index (χ1n) is 5.09. The smallest absolute Gasteiger partial charge is 0.219 e. The van der Waals surface area contributed by atoms with Gasteiger partial charge in [0.05, 0.1) is 16.1 Å². The highest BCUT2D eigenvalue weighted by molar-refractivity contribution is 7.98. The zero-order valence-corrected chi connectivity index (χ0v) is 11.2. The molecule has 2 nitrogen and oxygen atoms in total. The number of nitrogens with zero attached hydrogens (tertiary/aromatic N) is 1. The maximum atomic E-state index is 6.21. The molecule has 0 aromatic heterocycles. The van der Waals surface area contributed by atoms with Gasteiger partial charge in [0.25, 0.3) is 0 Å². The monoisotopic (exact) mass is 255 g/mol. The van der Waals surface area contributed by atoms with Gasteiger partial charge in [-0.15, -0.1) is 11.8 Å². The number of hydrogen-bond donors (Lipinski definition) is 0. The Balaban J connectivity index is 2.49. The molecule has 0 N–H and O–H groups in total. The maximum Gasteiger partial charge on any atom is 0.219 e. The first-order chi connectivity index (χ1) is 7.53. The fraction of sp³-hybridized carbons (Fsp3) is 0.417. The molecule has 1 aromatic rings. The van der Waals surface area contributed by atoms with E-state index < -0.39 is 0 Å². The zero-order valence-electron chi connectivity index (χ0n) is 9.58. The average Bonchev–Trinajstić information content (AvgIpc) is 2.58. The van der Waals surface area contributed by atoms with Gasteiger partial charge in [-0.05, 0) is 32.2 Å². The van der Waals surface area contributed by atoms with Gasteiger partial charge in [0, 0.05) is 4.90 Å². The maximum absolute atomic E-state index is 6.21. The Kier molecular flexibility index (Phi) is 3.17. The predicted octanol–water partition coefficient (Wildman–Crippen LogP) is 3.62. The fourth-order valence-corrected chi connectivity index (χ4v) is 2.52. The number of hydrogen-bond acceptors (Lipinski definition) is 3. The molecule has 0 unspecified atom stereocenters. The summed E-state index contributed by atoms with van der Waals surface area (Å²) in [5.74, 6) is 0.667. The van der Waals surface area contributed by atoms with Crippen molar-refractivity contribution in [2.75, 3.05) is 12.9 Å². The minimum atomic E-state index is -0.149. The van der Waals surface area contributed by atoms with E-state index in [0.29, 0.717) is 17.5 Å². The molecule has 16 heavy (non-hydrogen) atoms. The van der Waals surface area contributed by atoms with Crippen LogP contribution in [0.4, 0.5) is 0 Å². The molecule has 0 amide bonds. The van der Waals surface area contributed by atoms with E-state index in [9.17, 15) is 0 Å². The number of thioether (sulfide) groups is 1. The minimum absolute atomic E-state index is 0.149. The number of rotatable bonds is 2. The molecule has 0 atom stereocenters. The third-order valence-electron chi connectivity index (χ3n) is 2.38. The highest BCUT2D eigenvalue weighted by atomic mass is 35.5. The standard InChI is InChI=1S/C12H14ClNOS/c1-12(2)7-15-11(14-12)10-8(13)5-4-6-9(10)16-3/h4-6H,7H2,1-3H3. The second-order valence-corrected chi connectivity index (χ2v) is 5.59. The van der Waals surface area contributed by atoms with Crippen LogP contribution in [0.3, 0.4) is 0 Å². The molecule has 0 radical (unpaired) electrons. The molecule has 0 bridgehead atoms. The lowest BCUT2D eigenvalue weighted by atomic mass is 10.1. The Morgan fingerprint density at radius 3 is 2.75 bits per heavy atom. The van der Waals surface area contributed by atoms with E-state index in [1.165, 1.54) is 0 Å². The van der Waals surface area contributed by atoms with E-state index >= 15 is 0 Å². The van der Waals surface area contributed by atoms with Crippen molar-refractivity contribution in [1.82, 2.24) is 0 Å². The van der Waals surface area contributed by atoms with E-state index in [4.69, 9.17) is 16.3 Å². The lowest BCUT2D eigenvalue weighted by Gasteiger charge is -2.08. The molecule has 2 rings (SSSR count). The zero-order chi connectivity index (χ0) is 11.8. The van der Waals surface area contributed by atoms with Crippen LogP contribution in [0.25, 0.3) is 0 Å². The molecule has 0 fully saturated rings. The number of benzene rings is 1. The van der Waals surface area contributed by atoms with Crippen LogP contribution in [0.15, 0.2) is 28.1 Å². The molecule has 0 saturated heterocycles. The predicted molar refractivity (Wildman–Crippen MR) is 69.8 cm³/mol. The van der Waals surface area contributed by atoms with Crippen molar-refractivity contribution in [3.05, 3.63) is 28.8 Å². The van der Waals surface area contributed by atoms with Gasteiger partial charge in [0.1, 0.15) is 6.61 Å². The second-order valence-electron chi connectivity index (χ2n) is 4.34. The van der Waals surface area contributed by atoms with E-state index in [1.807, 2.05) is 24.5 Å². The van der Waals surface area contributed by atoms with Crippen LogP contribution in [-0.4, -0.2) is 24.3 Å². The molecule has 4 heteroatoms. The molecule has 0 spiro atoms. The van der Waals surface area contributed by atoms with Crippen LogP contribution < -0.4 is 0 Å². The number of aliphatic imine (C=N–C) groups is 1. The van der Waals surface area contributed by atoms with Crippen LogP contribution in [0.5, 0.6) is 0 Å². The van der Waals surface area contributed by atoms with Crippen molar-refractivity contribution in [3.8, 4) is 0 Å². The van der Waals surface area contributed by atoms with Crippen LogP contribution in [0.2, 0.25) is 5.02 Å². The van der Waals surface area contributed by atoms with Gasteiger partial charge in [-0.1, -0.05) is 17.7 Å². The summed E-state index contributed by atoms with van der Waals surface area (Å²) in [6, 6.07) is 5.84. The summed E-state index contributed by atoms with van der Waals surface area (Å²) in [4.78, 5) is 5.66. The first kappa shape index (κ1) is 11.8. The molecule has 1 heterocycles. The normalized spacial score (nSPS) is 18.1. The second kappa shape index (κ2) is 4.30. The van der Waals surface area contributed by atoms with Crippen molar-refractivity contribution in [3.63, 3.8) is 0 Å². The van der Waals surface area contributed by atoms with Gasteiger partial charge in [-0.25, -0.2) is 4.99 Å². The van der Waals surface area contributed by atoms with Crippen molar-refractivity contribution < 1.29 is 4.74 Å². The summed E-state index contributed by atoms with van der Waals surface area (Å²) in [6.45, 7) is 4.71. The largest absolute Gasteiger partial charge is 0.475 e. The van der Waals surface area contributed by atoms with Crippen LogP contribution >= 0.6 is 23.4 Å². The lowest BCUT2D eigenvalue weighted by Crippen LogP contribution is -2.17. The molecular weight excluding hydrogens is 242 g/mol. The van der Waals surface area contributed by atoms with Crippen LogP contribution in [0, 0.1) is 0 Å². The molecule has 1 aliphatic rings. The fourth-order valence-electron chi connectivity index (χ4n) is 1.59. The summed E-state index contributed by atoms with van der Waals surface area (Å²) in [7, 11) is 0. The third-order valence-corrected chi connectivity index (χ3v) is 3.47. The molecule has 0 saturated carbocycles. The summed E-state index contributed by atoms with van der Waals surface area (Å²) in [6.07, 6.45) is 2.02. The number of ether oxygens (including phenoxy) is 1. The summed E-state index contributed by atoms with van der Waals surface area (Å²) in [5.41, 5.74) is 0.770. The SMILES string of the molecule is CSc1cccc(Cl)c1C1=NC(C)(C)CO1. The molecular formula is C12H14ClNOS. The Hall–Kier alpha value is -0.670. The van der Waals surface area contributed by atoms with Crippen LogP contribution in [-0.2, 0) is 4.74 Å². The van der Waals surface area contributed by atoms with Crippen molar-refractivity contribution in [1.29, 1.82) is 0 Å². The van der Waals surface area contributed by atoms with E-state index in [0.717, 1.165) is 10.5 Å². The molecule has 1 aromatic carbocycles. The van der Waals surface area contributed by atoms with E-state index in [2.05, 4.69) is 18.8 Å². The van der Waals surface area contributed by atoms with Gasteiger partial charge in [-0.3, -0.25) is 0 Å². The first-order valence-corrected chi connectivity index (χ1v) is 6.69. The third kappa shape index (κ3) is 2.20. The van der Waals surface area contributed by atoms with Gasteiger partial charge in [0.15, 0.2) is 0 Å². The average molecular weight is 256 g/mol. The molecule has 1 aliphatic heterocycles. The Morgan fingerprint density at radius 2 is 2.19 bits per heavy atom. The highest BCUT2D eigenvalue weighted by Gasteiger charge is 2.29. The summed E-state index contributed by atoms with van der Waals surface area (Å²) < 4.78 is 5.63. The van der Waals surface area contributed by atoms with Gasteiger partial charge < -0.3 is 4.74 Å². The van der Waals surface area contributed by atoms with Crippen LogP contribution in [0.1, 0.15) is 19.4 Å². The van der Waals surface area contributed by atoms with E-state index in [1.54, 1.807) is 11.8 Å². The van der Waals surface area contributed by atoms with E-state index in [-0.39, 0.29) is 5.54 Å². The Labute approximate surface area is 105 Å². The highest BCUT2D eigenvalue weighted by Crippen LogP contribution is 2.31. The molecule has 0 aliphatic carbocycles. The van der Waals surface area contributed by atoms with Gasteiger partial charge in [-0.2, -0.15) is 0 Å². The summed E-state index contributed by atoms with van der Waals surface area (Å²) >= 11 is 7.86. The Morgan fingerprint density at radius 1 is 1.44 bits per heavy atom. The Bertz CT molecular complexity index is 443. The van der Waals surface area contributed by atoms with Crippen molar-refractivity contribution >= 4 is 29.3 Å². The molecule has 86 valence electrons. The van der Waals surface area contributed by atoms with Crippen molar-refractivity contribution in [2.24, 2.45) is 4.99 Å². The van der Waals surface area contributed by atoms with Crippen molar-refractivity contribution in [2.45, 2.75) is 24.3 Å². The van der Waals surface area contributed by atoms with Gasteiger partial charge in [0.2, 0.25) is 5.90 Å². The van der Waals surface area contributed by atoms with Gasteiger partial charge >= 0.3 is 0 Å². The quantitative estimate of drug-likeness (QED) is 0.753. The lowest BCUT2D eigenvalue weighted by molar-refractivity contribution is 0.279. The number of halogens is 1.